The fourth-order valence-corrected chi connectivity index (χ4v) is 4.45. The van der Waals surface area contributed by atoms with Gasteiger partial charge in [-0.3, -0.25) is 14.2 Å². The lowest BCUT2D eigenvalue weighted by Crippen LogP contribution is -2.52. The Labute approximate surface area is 196 Å². The molecule has 0 unspecified atom stereocenters. The number of nitrogen functional groups attached to an aromatic ring is 1. The zero-order valence-electron chi connectivity index (χ0n) is 17.9. The summed E-state index contributed by atoms with van der Waals surface area (Å²) in [4.78, 5) is 51.9. The molecule has 4 aromatic rings. The number of anilines is 3. The molecule has 4 N–H and O–H groups in total. The Kier molecular flexibility index (Phi) is 5.21. The molecule has 0 spiro atoms. The molecule has 0 atom stereocenters. The van der Waals surface area contributed by atoms with E-state index in [0.717, 1.165) is 0 Å². The normalized spacial score (nSPS) is 13.6. The molecule has 5 rings (SSSR count). The molecule has 4 aromatic heterocycles. The summed E-state index contributed by atoms with van der Waals surface area (Å²) >= 11 is 1.30. The second-order valence-corrected chi connectivity index (χ2v) is 8.79. The predicted octanol–water partition coefficient (Wildman–Crippen LogP) is 1.90. The van der Waals surface area contributed by atoms with E-state index in [1.165, 1.54) is 28.3 Å². The summed E-state index contributed by atoms with van der Waals surface area (Å²) in [6.45, 7) is 2.63. The molecule has 1 aliphatic heterocycles. The van der Waals surface area contributed by atoms with Gasteiger partial charge in [-0.25, -0.2) is 19.7 Å². The zero-order valence-corrected chi connectivity index (χ0v) is 18.7. The van der Waals surface area contributed by atoms with Crippen molar-refractivity contribution in [1.29, 1.82) is 0 Å². The highest BCUT2D eigenvalue weighted by molar-refractivity contribution is 7.12. The van der Waals surface area contributed by atoms with Crippen molar-refractivity contribution >= 4 is 51.6 Å². The van der Waals surface area contributed by atoms with Gasteiger partial charge in [0.25, 0.3) is 0 Å². The molecule has 1 aliphatic rings. The van der Waals surface area contributed by atoms with E-state index in [1.54, 1.807) is 36.7 Å². The minimum Gasteiger partial charge on any atom is -0.477 e. The number of nitrogens with one attached hydrogen (secondary N) is 1. The second kappa shape index (κ2) is 8.23. The van der Waals surface area contributed by atoms with E-state index >= 15 is 0 Å². The first-order chi connectivity index (χ1) is 16.3. The van der Waals surface area contributed by atoms with Crippen LogP contribution in [0.15, 0.2) is 47.0 Å². The van der Waals surface area contributed by atoms with Crippen LogP contribution in [0.5, 0.6) is 0 Å². The third-order valence-corrected chi connectivity index (χ3v) is 6.40. The number of carbonyl (C=O) groups excluding carboxylic acids is 1. The molecule has 1 saturated heterocycles. The van der Waals surface area contributed by atoms with Crippen molar-refractivity contribution in [2.75, 3.05) is 29.0 Å². The number of rotatable bonds is 5. The first-order valence-electron chi connectivity index (χ1n) is 10.3. The minimum absolute atomic E-state index is 0.133. The molecule has 0 aromatic carbocycles. The van der Waals surface area contributed by atoms with Gasteiger partial charge in [-0.1, -0.05) is 0 Å². The summed E-state index contributed by atoms with van der Waals surface area (Å²) in [5, 5.41) is 14.8. The largest absolute Gasteiger partial charge is 0.477 e. The monoisotopic (exact) mass is 477 g/mol. The van der Waals surface area contributed by atoms with Crippen molar-refractivity contribution in [3.05, 3.63) is 63.5 Å². The van der Waals surface area contributed by atoms with E-state index in [0.29, 0.717) is 46.8 Å². The van der Waals surface area contributed by atoms with Gasteiger partial charge in [0.05, 0.1) is 23.2 Å². The molecular weight excluding hydrogens is 458 g/mol. The average Bonchev–Trinajstić information content (AvgIpc) is 3.29. The van der Waals surface area contributed by atoms with Crippen LogP contribution in [0.3, 0.4) is 0 Å². The molecular formula is C22H19N7O4S. The van der Waals surface area contributed by atoms with Crippen molar-refractivity contribution < 1.29 is 14.7 Å². The highest BCUT2D eigenvalue weighted by atomic mass is 32.1. The maximum atomic E-state index is 12.9. The zero-order chi connectivity index (χ0) is 24.0. The Morgan fingerprint density at radius 1 is 1.26 bits per heavy atom. The molecule has 11 nitrogen and oxygen atoms in total. The van der Waals surface area contributed by atoms with Gasteiger partial charge in [0.1, 0.15) is 17.2 Å². The predicted molar refractivity (Wildman–Crippen MR) is 128 cm³/mol. The lowest BCUT2D eigenvalue weighted by Gasteiger charge is -2.39. The number of aromatic carboxylic acids is 1. The Bertz CT molecular complexity index is 1480. The second-order valence-electron chi connectivity index (χ2n) is 7.92. The number of carboxylic acids is 1. The third-order valence-electron chi connectivity index (χ3n) is 5.63. The number of aryl methyl sites for hydroxylation is 1. The van der Waals surface area contributed by atoms with Gasteiger partial charge >= 0.3 is 5.97 Å². The molecule has 0 saturated carbocycles. The molecule has 172 valence electrons. The van der Waals surface area contributed by atoms with Crippen molar-refractivity contribution in [3.8, 4) is 5.13 Å². The van der Waals surface area contributed by atoms with Crippen molar-refractivity contribution in [1.82, 2.24) is 19.5 Å². The lowest BCUT2D eigenvalue weighted by atomic mass is 9.98. The molecule has 1 amide bonds. The van der Waals surface area contributed by atoms with E-state index in [4.69, 9.17) is 5.73 Å². The number of carbonyl (C=O) groups is 2. The van der Waals surface area contributed by atoms with Crippen LogP contribution in [0.1, 0.15) is 15.9 Å². The van der Waals surface area contributed by atoms with Gasteiger partial charge in [-0.05, 0) is 30.7 Å². The molecule has 1 fully saturated rings. The number of amides is 1. The van der Waals surface area contributed by atoms with Gasteiger partial charge < -0.3 is 21.1 Å². The van der Waals surface area contributed by atoms with Crippen LogP contribution in [0.25, 0.3) is 16.2 Å². The fraction of sp³-hybridized carbons (Fsp3) is 0.182. The van der Waals surface area contributed by atoms with Crippen LogP contribution in [0.4, 0.5) is 17.3 Å². The first kappa shape index (κ1) is 21.5. The average molecular weight is 478 g/mol. The van der Waals surface area contributed by atoms with Crippen LogP contribution in [0, 0.1) is 12.8 Å². The fourth-order valence-electron chi connectivity index (χ4n) is 3.83. The number of nitrogens with zero attached hydrogens (tertiary/aromatic N) is 5. The van der Waals surface area contributed by atoms with Crippen molar-refractivity contribution in [3.63, 3.8) is 0 Å². The van der Waals surface area contributed by atoms with Crippen LogP contribution >= 0.6 is 11.3 Å². The summed E-state index contributed by atoms with van der Waals surface area (Å²) in [6.07, 6.45) is 4.35. The number of nitrogens with two attached hydrogens (primary N) is 1. The van der Waals surface area contributed by atoms with Crippen molar-refractivity contribution in [2.45, 2.75) is 6.92 Å². The van der Waals surface area contributed by atoms with E-state index < -0.39 is 11.4 Å². The summed E-state index contributed by atoms with van der Waals surface area (Å²) in [6, 6.07) is 5.04. The lowest BCUT2D eigenvalue weighted by molar-refractivity contribution is -0.120. The van der Waals surface area contributed by atoms with Gasteiger partial charge in [0.15, 0.2) is 10.8 Å². The molecule has 5 heterocycles. The van der Waals surface area contributed by atoms with E-state index in [2.05, 4.69) is 20.3 Å². The van der Waals surface area contributed by atoms with Gasteiger partial charge in [-0.15, -0.1) is 11.3 Å². The van der Waals surface area contributed by atoms with Crippen LogP contribution in [0.2, 0.25) is 0 Å². The highest BCUT2D eigenvalue weighted by Gasteiger charge is 2.34. The SMILES string of the molecule is Cc1cc(N2CC(C(=O)Nc3ccc(N)nc3)C2)nc2c1c(=O)c(C(=O)O)cn2-c1nccs1. The van der Waals surface area contributed by atoms with Crippen LogP contribution in [-0.4, -0.2) is 49.6 Å². The minimum atomic E-state index is -1.31. The number of aromatic nitrogens is 4. The van der Waals surface area contributed by atoms with E-state index in [9.17, 15) is 19.5 Å². The Morgan fingerprint density at radius 2 is 2.06 bits per heavy atom. The first-order valence-corrected chi connectivity index (χ1v) is 11.2. The van der Waals surface area contributed by atoms with Crippen LogP contribution < -0.4 is 21.4 Å². The molecule has 12 heteroatoms. The van der Waals surface area contributed by atoms with E-state index in [-0.39, 0.29) is 22.8 Å². The molecule has 0 aliphatic carbocycles. The number of hydrogen-bond acceptors (Lipinski definition) is 9. The molecule has 0 radical (unpaired) electrons. The summed E-state index contributed by atoms with van der Waals surface area (Å²) in [5.41, 5.74) is 6.12. The molecule has 34 heavy (non-hydrogen) atoms. The number of carboxylic acid groups (broad SMARTS) is 1. The topological polar surface area (TPSA) is 156 Å². The van der Waals surface area contributed by atoms with Gasteiger partial charge in [0, 0.05) is 30.9 Å². The Hall–Kier alpha value is -4.32. The Balaban J connectivity index is 1.45. The number of fused-ring (bicyclic) bond motifs is 1. The maximum absolute atomic E-state index is 12.9. The smallest absolute Gasteiger partial charge is 0.341 e. The van der Waals surface area contributed by atoms with Gasteiger partial charge in [0.2, 0.25) is 11.3 Å². The summed E-state index contributed by atoms with van der Waals surface area (Å²) < 4.78 is 1.53. The third kappa shape index (κ3) is 3.73. The van der Waals surface area contributed by atoms with Gasteiger partial charge in [-0.2, -0.15) is 0 Å². The number of hydrogen-bond donors (Lipinski definition) is 3. The Morgan fingerprint density at radius 3 is 2.71 bits per heavy atom. The quantitative estimate of drug-likeness (QED) is 0.390. The van der Waals surface area contributed by atoms with Crippen molar-refractivity contribution in [2.24, 2.45) is 5.92 Å². The standard InChI is InChI=1S/C22H19N7O4S/c1-11-6-16(28-8-12(9-28)20(31)26-13-2-3-15(23)25-7-13)27-19-17(11)18(30)14(21(32)33)10-29(19)22-24-4-5-34-22/h2-7,10,12H,8-9H2,1H3,(H2,23,25)(H,26,31)(H,32,33). The summed E-state index contributed by atoms with van der Waals surface area (Å²) in [7, 11) is 0. The molecule has 0 bridgehead atoms. The van der Waals surface area contributed by atoms with E-state index in [1.807, 2.05) is 4.90 Å². The summed E-state index contributed by atoms with van der Waals surface area (Å²) in [5.74, 6) is -0.723. The number of thiazole rings is 1. The van der Waals surface area contributed by atoms with Crippen LogP contribution in [-0.2, 0) is 4.79 Å². The number of pyridine rings is 3. The highest BCUT2D eigenvalue weighted by Crippen LogP contribution is 2.29. The maximum Gasteiger partial charge on any atom is 0.341 e.